The van der Waals surface area contributed by atoms with E-state index in [9.17, 15) is 4.79 Å². The molecule has 0 spiro atoms. The zero-order valence-electron chi connectivity index (χ0n) is 10.4. The van der Waals surface area contributed by atoms with E-state index >= 15 is 0 Å². The predicted molar refractivity (Wildman–Crippen MR) is 67.9 cm³/mol. The highest BCUT2D eigenvalue weighted by Crippen LogP contribution is 2.10. The highest BCUT2D eigenvalue weighted by atomic mass is 32.1. The maximum atomic E-state index is 11.3. The van der Waals surface area contributed by atoms with E-state index in [4.69, 9.17) is 10.5 Å². The van der Waals surface area contributed by atoms with Crippen LogP contribution in [0.3, 0.4) is 0 Å². The van der Waals surface area contributed by atoms with Crippen molar-refractivity contribution in [2.75, 3.05) is 6.54 Å². The molecule has 0 unspecified atom stereocenters. The Kier molecular flexibility index (Phi) is 4.89. The van der Waals surface area contributed by atoms with Gasteiger partial charge in [0.2, 0.25) is 0 Å². The standard InChI is InChI=1S/C11H19N3O2S/c1-11(2,3)16-10(15)13-5-4-9-14-8(6-12)7-17-9/h7H,4-6,12H2,1-3H3,(H,13,15). The second-order valence-electron chi connectivity index (χ2n) is 4.62. The number of amides is 1. The number of alkyl carbamates (subject to hydrolysis) is 1. The highest BCUT2D eigenvalue weighted by molar-refractivity contribution is 7.09. The van der Waals surface area contributed by atoms with Crippen LogP contribution < -0.4 is 11.1 Å². The van der Waals surface area contributed by atoms with Crippen LogP contribution in [0.25, 0.3) is 0 Å². The Morgan fingerprint density at radius 2 is 2.29 bits per heavy atom. The maximum Gasteiger partial charge on any atom is 0.407 e. The molecule has 1 aromatic heterocycles. The molecule has 0 atom stereocenters. The number of ether oxygens (including phenoxy) is 1. The Labute approximate surface area is 105 Å². The molecule has 1 amide bonds. The number of hydrogen-bond donors (Lipinski definition) is 2. The molecule has 1 aromatic rings. The first-order valence-electron chi connectivity index (χ1n) is 5.51. The van der Waals surface area contributed by atoms with Gasteiger partial charge in [-0.15, -0.1) is 11.3 Å². The Hall–Kier alpha value is -1.14. The van der Waals surface area contributed by atoms with Crippen molar-refractivity contribution in [2.45, 2.75) is 39.3 Å². The van der Waals surface area contributed by atoms with Gasteiger partial charge < -0.3 is 15.8 Å². The molecule has 5 nitrogen and oxygen atoms in total. The number of aromatic nitrogens is 1. The minimum atomic E-state index is -0.460. The number of hydrogen-bond acceptors (Lipinski definition) is 5. The first-order chi connectivity index (χ1) is 7.90. The fraction of sp³-hybridized carbons (Fsp3) is 0.636. The molecule has 0 saturated carbocycles. The van der Waals surface area contributed by atoms with Crippen molar-refractivity contribution < 1.29 is 9.53 Å². The summed E-state index contributed by atoms with van der Waals surface area (Å²) in [6, 6.07) is 0. The lowest BCUT2D eigenvalue weighted by atomic mass is 10.2. The summed E-state index contributed by atoms with van der Waals surface area (Å²) < 4.78 is 5.11. The minimum Gasteiger partial charge on any atom is -0.444 e. The summed E-state index contributed by atoms with van der Waals surface area (Å²) >= 11 is 1.56. The van der Waals surface area contributed by atoms with E-state index in [-0.39, 0.29) is 0 Å². The summed E-state index contributed by atoms with van der Waals surface area (Å²) in [5.41, 5.74) is 5.89. The van der Waals surface area contributed by atoms with Gasteiger partial charge in [0.05, 0.1) is 10.7 Å². The Balaban J connectivity index is 2.26. The molecule has 0 radical (unpaired) electrons. The molecular formula is C11H19N3O2S. The van der Waals surface area contributed by atoms with Gasteiger partial charge in [0.25, 0.3) is 0 Å². The minimum absolute atomic E-state index is 0.395. The van der Waals surface area contributed by atoms with Crippen molar-refractivity contribution in [1.29, 1.82) is 0 Å². The van der Waals surface area contributed by atoms with Crippen LogP contribution in [0, 0.1) is 0 Å². The second kappa shape index (κ2) is 5.97. The van der Waals surface area contributed by atoms with E-state index in [0.29, 0.717) is 19.5 Å². The zero-order chi connectivity index (χ0) is 12.9. The average molecular weight is 257 g/mol. The molecule has 1 heterocycles. The van der Waals surface area contributed by atoms with E-state index in [1.165, 1.54) is 0 Å². The van der Waals surface area contributed by atoms with E-state index in [2.05, 4.69) is 10.3 Å². The molecule has 17 heavy (non-hydrogen) atoms. The molecule has 3 N–H and O–H groups in total. The molecule has 0 fully saturated rings. The third-order valence-electron chi connectivity index (χ3n) is 1.82. The smallest absolute Gasteiger partial charge is 0.407 e. The summed E-state index contributed by atoms with van der Waals surface area (Å²) in [7, 11) is 0. The topological polar surface area (TPSA) is 77.2 Å². The number of nitrogens with one attached hydrogen (secondary N) is 1. The quantitative estimate of drug-likeness (QED) is 0.860. The lowest BCUT2D eigenvalue weighted by Crippen LogP contribution is -2.33. The largest absolute Gasteiger partial charge is 0.444 e. The summed E-state index contributed by atoms with van der Waals surface area (Å²) in [4.78, 5) is 15.6. The van der Waals surface area contributed by atoms with Crippen LogP contribution in [0.15, 0.2) is 5.38 Å². The second-order valence-corrected chi connectivity index (χ2v) is 5.56. The molecule has 96 valence electrons. The van der Waals surface area contributed by atoms with Crippen molar-refractivity contribution in [3.05, 3.63) is 16.1 Å². The molecule has 0 saturated heterocycles. The van der Waals surface area contributed by atoms with Crippen LogP contribution in [0.2, 0.25) is 0 Å². The fourth-order valence-corrected chi connectivity index (χ4v) is 1.95. The van der Waals surface area contributed by atoms with Gasteiger partial charge in [-0.1, -0.05) is 0 Å². The number of carbonyl (C=O) groups excluding carboxylic acids is 1. The number of nitrogens with two attached hydrogens (primary N) is 1. The van der Waals surface area contributed by atoms with Gasteiger partial charge in [0.1, 0.15) is 5.60 Å². The number of thiazole rings is 1. The Morgan fingerprint density at radius 1 is 1.59 bits per heavy atom. The van der Waals surface area contributed by atoms with E-state index in [1.54, 1.807) is 11.3 Å². The summed E-state index contributed by atoms with van der Waals surface area (Å²) in [6.45, 7) is 6.48. The molecule has 6 heteroatoms. The molecule has 0 aliphatic rings. The van der Waals surface area contributed by atoms with E-state index in [1.807, 2.05) is 26.2 Å². The van der Waals surface area contributed by atoms with Crippen molar-refractivity contribution in [3.8, 4) is 0 Å². The van der Waals surface area contributed by atoms with Gasteiger partial charge >= 0.3 is 6.09 Å². The van der Waals surface area contributed by atoms with Crippen LogP contribution in [-0.4, -0.2) is 23.2 Å². The molecule has 0 aliphatic carbocycles. The number of nitrogens with zero attached hydrogens (tertiary/aromatic N) is 1. The number of rotatable bonds is 4. The van der Waals surface area contributed by atoms with Crippen LogP contribution >= 0.6 is 11.3 Å². The molecule has 0 bridgehead atoms. The van der Waals surface area contributed by atoms with Gasteiger partial charge in [-0.3, -0.25) is 0 Å². The SMILES string of the molecule is CC(C)(C)OC(=O)NCCc1nc(CN)cs1. The zero-order valence-corrected chi connectivity index (χ0v) is 11.3. The van der Waals surface area contributed by atoms with Crippen LogP contribution in [-0.2, 0) is 17.7 Å². The Morgan fingerprint density at radius 3 is 2.82 bits per heavy atom. The van der Waals surface area contributed by atoms with Gasteiger partial charge in [0.15, 0.2) is 0 Å². The lowest BCUT2D eigenvalue weighted by molar-refractivity contribution is 0.0528. The normalized spacial score (nSPS) is 11.3. The van der Waals surface area contributed by atoms with Gasteiger partial charge in [-0.25, -0.2) is 9.78 Å². The summed E-state index contributed by atoms with van der Waals surface area (Å²) in [5, 5.41) is 5.60. The first-order valence-corrected chi connectivity index (χ1v) is 6.39. The average Bonchev–Trinajstić information content (AvgIpc) is 2.63. The van der Waals surface area contributed by atoms with Crippen LogP contribution in [0.5, 0.6) is 0 Å². The van der Waals surface area contributed by atoms with E-state index < -0.39 is 11.7 Å². The third kappa shape index (κ3) is 5.65. The fourth-order valence-electron chi connectivity index (χ4n) is 1.14. The molecular weight excluding hydrogens is 238 g/mol. The molecule has 0 aliphatic heterocycles. The maximum absolute atomic E-state index is 11.3. The van der Waals surface area contributed by atoms with Crippen molar-refractivity contribution in [3.63, 3.8) is 0 Å². The van der Waals surface area contributed by atoms with Crippen molar-refractivity contribution in [2.24, 2.45) is 5.73 Å². The third-order valence-corrected chi connectivity index (χ3v) is 2.77. The van der Waals surface area contributed by atoms with Gasteiger partial charge in [0, 0.05) is 24.9 Å². The van der Waals surface area contributed by atoms with Crippen LogP contribution in [0.1, 0.15) is 31.5 Å². The van der Waals surface area contributed by atoms with Crippen molar-refractivity contribution in [1.82, 2.24) is 10.3 Å². The van der Waals surface area contributed by atoms with E-state index in [0.717, 1.165) is 10.7 Å². The predicted octanol–water partition coefficient (Wildman–Crippen LogP) is 1.67. The lowest BCUT2D eigenvalue weighted by Gasteiger charge is -2.19. The molecule has 0 aromatic carbocycles. The van der Waals surface area contributed by atoms with Gasteiger partial charge in [-0.05, 0) is 20.8 Å². The Bertz CT molecular complexity index is 371. The summed E-state index contributed by atoms with van der Waals surface area (Å²) in [5.74, 6) is 0. The summed E-state index contributed by atoms with van der Waals surface area (Å²) in [6.07, 6.45) is 0.303. The van der Waals surface area contributed by atoms with Crippen molar-refractivity contribution >= 4 is 17.4 Å². The van der Waals surface area contributed by atoms with Crippen LogP contribution in [0.4, 0.5) is 4.79 Å². The first kappa shape index (κ1) is 13.9. The number of carbonyl (C=O) groups is 1. The monoisotopic (exact) mass is 257 g/mol. The molecule has 1 rings (SSSR count). The highest BCUT2D eigenvalue weighted by Gasteiger charge is 2.15. The van der Waals surface area contributed by atoms with Gasteiger partial charge in [-0.2, -0.15) is 0 Å².